The lowest BCUT2D eigenvalue weighted by molar-refractivity contribution is -0.143. The van der Waals surface area contributed by atoms with Crippen molar-refractivity contribution in [1.82, 2.24) is 20.6 Å². The first kappa shape index (κ1) is 15.5. The van der Waals surface area contributed by atoms with Crippen LogP contribution in [0.4, 0.5) is 0 Å². The number of amides is 1. The molecule has 1 amide bonds. The van der Waals surface area contributed by atoms with Gasteiger partial charge in [0.2, 0.25) is 5.91 Å². The number of nitrogens with one attached hydrogen (secondary N) is 3. The van der Waals surface area contributed by atoms with Gasteiger partial charge in [-0.3, -0.25) is 4.79 Å². The van der Waals surface area contributed by atoms with Crippen molar-refractivity contribution in [2.45, 2.75) is 50.6 Å². The summed E-state index contributed by atoms with van der Waals surface area (Å²) in [5.74, 6) is -1.25. The number of hydrogen-bond acceptors (Lipinski definition) is 4. The minimum atomic E-state index is -1.04. The highest BCUT2D eigenvalue weighted by Gasteiger charge is 2.41. The molecule has 0 bridgehead atoms. The smallest absolute Gasteiger partial charge is 0.326 e. The summed E-state index contributed by atoms with van der Waals surface area (Å²) in [4.78, 5) is 30.6. The highest BCUT2D eigenvalue weighted by atomic mass is 16.4. The number of rotatable bonds is 7. The fourth-order valence-electron chi connectivity index (χ4n) is 2.87. The second-order valence-electron chi connectivity index (χ2n) is 5.51. The number of imidazole rings is 1. The number of carboxylic acid groups (broad SMARTS) is 1. The quantitative estimate of drug-likeness (QED) is 0.584. The van der Waals surface area contributed by atoms with Gasteiger partial charge in [0, 0.05) is 18.3 Å². The van der Waals surface area contributed by atoms with E-state index >= 15 is 0 Å². The van der Waals surface area contributed by atoms with Gasteiger partial charge in [-0.25, -0.2) is 9.78 Å². The van der Waals surface area contributed by atoms with E-state index in [2.05, 4.69) is 20.6 Å². The molecule has 7 nitrogen and oxygen atoms in total. The maximum atomic E-state index is 12.5. The Morgan fingerprint density at radius 1 is 1.57 bits per heavy atom. The van der Waals surface area contributed by atoms with Crippen LogP contribution in [0.1, 0.15) is 38.3 Å². The molecule has 1 aromatic rings. The van der Waals surface area contributed by atoms with Crippen LogP contribution in [0.3, 0.4) is 0 Å². The highest BCUT2D eigenvalue weighted by Crippen LogP contribution is 2.25. The zero-order valence-corrected chi connectivity index (χ0v) is 12.2. The number of nitrogens with zero attached hydrogens (tertiary/aromatic N) is 1. The molecule has 2 atom stereocenters. The van der Waals surface area contributed by atoms with Gasteiger partial charge in [0.25, 0.3) is 0 Å². The Hall–Kier alpha value is -1.89. The molecule has 4 N–H and O–H groups in total. The molecule has 116 valence electrons. The predicted octanol–water partition coefficient (Wildman–Crippen LogP) is 0.444. The molecule has 0 saturated carbocycles. The van der Waals surface area contributed by atoms with Gasteiger partial charge in [-0.1, -0.05) is 13.3 Å². The number of hydrogen-bond donors (Lipinski definition) is 4. The predicted molar refractivity (Wildman–Crippen MR) is 76.7 cm³/mol. The summed E-state index contributed by atoms with van der Waals surface area (Å²) in [5, 5.41) is 15.2. The maximum Gasteiger partial charge on any atom is 0.326 e. The van der Waals surface area contributed by atoms with Crippen LogP contribution in [-0.2, 0) is 16.0 Å². The lowest BCUT2D eigenvalue weighted by Crippen LogP contribution is -2.57. The number of aromatic amines is 1. The Morgan fingerprint density at radius 3 is 2.90 bits per heavy atom. The monoisotopic (exact) mass is 294 g/mol. The number of aliphatic carboxylic acids is 1. The fraction of sp³-hybridized carbons (Fsp3) is 0.643. The van der Waals surface area contributed by atoms with E-state index in [0.29, 0.717) is 5.69 Å². The SMILES string of the molecule is CCCC1(C(=O)N[C@H](Cc2cnc[nH]2)C(=O)O)CCCN1. The van der Waals surface area contributed by atoms with E-state index in [-0.39, 0.29) is 12.3 Å². The first-order valence-electron chi connectivity index (χ1n) is 7.33. The number of H-pyrrole nitrogens is 1. The summed E-state index contributed by atoms with van der Waals surface area (Å²) >= 11 is 0. The van der Waals surface area contributed by atoms with Crippen LogP contribution in [0, 0.1) is 0 Å². The summed E-state index contributed by atoms with van der Waals surface area (Å²) in [6.07, 6.45) is 6.54. The molecule has 2 heterocycles. The Morgan fingerprint density at radius 2 is 2.38 bits per heavy atom. The van der Waals surface area contributed by atoms with Crippen molar-refractivity contribution in [2.75, 3.05) is 6.54 Å². The summed E-state index contributed by atoms with van der Waals surface area (Å²) < 4.78 is 0. The van der Waals surface area contributed by atoms with E-state index in [0.717, 1.165) is 32.2 Å². The van der Waals surface area contributed by atoms with E-state index in [4.69, 9.17) is 0 Å². The first-order valence-corrected chi connectivity index (χ1v) is 7.33. The van der Waals surface area contributed by atoms with Crippen LogP contribution < -0.4 is 10.6 Å². The summed E-state index contributed by atoms with van der Waals surface area (Å²) in [6.45, 7) is 2.82. The maximum absolute atomic E-state index is 12.5. The number of carbonyl (C=O) groups excluding carboxylic acids is 1. The van der Waals surface area contributed by atoms with Gasteiger partial charge >= 0.3 is 5.97 Å². The second-order valence-corrected chi connectivity index (χ2v) is 5.51. The van der Waals surface area contributed by atoms with E-state index in [9.17, 15) is 14.7 Å². The van der Waals surface area contributed by atoms with Crippen LogP contribution in [0.15, 0.2) is 12.5 Å². The summed E-state index contributed by atoms with van der Waals surface area (Å²) in [5.41, 5.74) is 0.0720. The standard InChI is InChI=1S/C14H22N4O3/c1-2-4-14(5-3-6-17-14)13(21)18-11(12(19)20)7-10-8-15-9-16-10/h8-9,11,17H,2-7H2,1H3,(H,15,16)(H,18,21)(H,19,20)/t11-,14?/m1/s1. The Labute approximate surface area is 123 Å². The van der Waals surface area contributed by atoms with Crippen LogP contribution >= 0.6 is 0 Å². The molecule has 0 spiro atoms. The van der Waals surface area contributed by atoms with Crippen molar-refractivity contribution in [1.29, 1.82) is 0 Å². The number of carboxylic acids is 1. The molecule has 1 aliphatic rings. The van der Waals surface area contributed by atoms with E-state index in [1.54, 1.807) is 6.20 Å². The van der Waals surface area contributed by atoms with Crippen molar-refractivity contribution in [2.24, 2.45) is 0 Å². The lowest BCUT2D eigenvalue weighted by atomic mass is 9.90. The Balaban J connectivity index is 2.05. The van der Waals surface area contributed by atoms with E-state index in [1.807, 2.05) is 6.92 Å². The van der Waals surface area contributed by atoms with Gasteiger partial charge in [0.05, 0.1) is 11.9 Å². The molecule has 0 aliphatic carbocycles. The molecule has 1 aliphatic heterocycles. The number of carbonyl (C=O) groups is 2. The zero-order valence-electron chi connectivity index (χ0n) is 12.2. The largest absolute Gasteiger partial charge is 0.480 e. The Kier molecular flexibility index (Phi) is 4.95. The minimum absolute atomic E-state index is 0.198. The van der Waals surface area contributed by atoms with Crippen LogP contribution in [0.5, 0.6) is 0 Å². The van der Waals surface area contributed by atoms with Crippen LogP contribution in [0.2, 0.25) is 0 Å². The third-order valence-electron chi connectivity index (χ3n) is 3.94. The minimum Gasteiger partial charge on any atom is -0.480 e. The van der Waals surface area contributed by atoms with E-state index < -0.39 is 17.6 Å². The zero-order chi connectivity index (χ0) is 15.3. The normalized spacial score (nSPS) is 22.9. The third kappa shape index (κ3) is 3.60. The average molecular weight is 294 g/mol. The molecule has 0 radical (unpaired) electrons. The average Bonchev–Trinajstić information content (AvgIpc) is 3.10. The van der Waals surface area contributed by atoms with E-state index in [1.165, 1.54) is 6.33 Å². The highest BCUT2D eigenvalue weighted by molar-refractivity contribution is 5.90. The summed E-state index contributed by atoms with van der Waals surface area (Å²) in [6, 6.07) is -0.950. The van der Waals surface area contributed by atoms with Gasteiger partial charge in [-0.15, -0.1) is 0 Å². The molecule has 2 rings (SSSR count). The Bertz CT molecular complexity index is 480. The third-order valence-corrected chi connectivity index (χ3v) is 3.94. The molecule has 1 unspecified atom stereocenters. The van der Waals surface area contributed by atoms with Crippen molar-refractivity contribution >= 4 is 11.9 Å². The van der Waals surface area contributed by atoms with Gasteiger partial charge < -0.3 is 20.7 Å². The summed E-state index contributed by atoms with van der Waals surface area (Å²) in [7, 11) is 0. The molecule has 7 heteroatoms. The molecule has 21 heavy (non-hydrogen) atoms. The van der Waals surface area contributed by atoms with Crippen LogP contribution in [-0.4, -0.2) is 45.1 Å². The molecule has 1 fully saturated rings. The topological polar surface area (TPSA) is 107 Å². The van der Waals surface area contributed by atoms with Gasteiger partial charge in [0.15, 0.2) is 0 Å². The van der Waals surface area contributed by atoms with Crippen molar-refractivity contribution in [3.63, 3.8) is 0 Å². The molecular formula is C14H22N4O3. The van der Waals surface area contributed by atoms with Crippen molar-refractivity contribution in [3.8, 4) is 0 Å². The molecule has 1 aromatic heterocycles. The van der Waals surface area contributed by atoms with Gasteiger partial charge in [-0.2, -0.15) is 0 Å². The van der Waals surface area contributed by atoms with Crippen molar-refractivity contribution in [3.05, 3.63) is 18.2 Å². The molecular weight excluding hydrogens is 272 g/mol. The van der Waals surface area contributed by atoms with Gasteiger partial charge in [-0.05, 0) is 25.8 Å². The number of aromatic nitrogens is 2. The lowest BCUT2D eigenvalue weighted by Gasteiger charge is -2.29. The first-order chi connectivity index (χ1) is 10.1. The van der Waals surface area contributed by atoms with Crippen LogP contribution in [0.25, 0.3) is 0 Å². The van der Waals surface area contributed by atoms with Crippen molar-refractivity contribution < 1.29 is 14.7 Å². The second kappa shape index (κ2) is 6.71. The molecule has 1 saturated heterocycles. The molecule has 0 aromatic carbocycles. The fourth-order valence-corrected chi connectivity index (χ4v) is 2.87. The van der Waals surface area contributed by atoms with Gasteiger partial charge in [0.1, 0.15) is 6.04 Å².